The first-order valence-corrected chi connectivity index (χ1v) is 17.7. The van der Waals surface area contributed by atoms with Crippen LogP contribution in [0.15, 0.2) is 59.3 Å². The van der Waals surface area contributed by atoms with Gasteiger partial charge in [0.1, 0.15) is 11.4 Å². The lowest BCUT2D eigenvalue weighted by Gasteiger charge is -2.34. The molecular weight excluding hydrogens is 672 g/mol. The molecule has 2 aromatic carbocycles. The van der Waals surface area contributed by atoms with E-state index >= 15 is 0 Å². The van der Waals surface area contributed by atoms with Gasteiger partial charge in [0.05, 0.1) is 22.7 Å². The van der Waals surface area contributed by atoms with Crippen LogP contribution in [0.5, 0.6) is 11.6 Å². The lowest BCUT2D eigenvalue weighted by Crippen LogP contribution is -2.47. The van der Waals surface area contributed by atoms with Gasteiger partial charge in [-0.15, -0.1) is 0 Å². The number of aromatic nitrogens is 3. The number of carbonyl (C=O) groups is 1. The van der Waals surface area contributed by atoms with Gasteiger partial charge in [-0.05, 0) is 86.6 Å². The number of sulfonamides is 1. The number of aryl methyl sites for hydroxylation is 1. The largest absolute Gasteiger partial charge is 0.444 e. The zero-order valence-electron chi connectivity index (χ0n) is 26.6. The minimum Gasteiger partial charge on any atom is -0.444 e. The van der Waals surface area contributed by atoms with Crippen LogP contribution < -0.4 is 14.8 Å². The molecule has 1 aliphatic rings. The fraction of sp³-hybridized carbons (Fsp3) is 0.394. The summed E-state index contributed by atoms with van der Waals surface area (Å²) >= 11 is 3.53. The molecule has 5 rings (SSSR count). The van der Waals surface area contributed by atoms with Gasteiger partial charge >= 0.3 is 6.09 Å². The highest BCUT2D eigenvalue weighted by Gasteiger charge is 2.28. The van der Waals surface area contributed by atoms with Crippen LogP contribution in [-0.4, -0.2) is 64.8 Å². The number of nitrogens with one attached hydrogen (secondary N) is 2. The topological polar surface area (TPSA) is 136 Å². The molecule has 11 nitrogen and oxygen atoms in total. The van der Waals surface area contributed by atoms with Gasteiger partial charge in [-0.2, -0.15) is 0 Å². The molecule has 0 bridgehead atoms. The van der Waals surface area contributed by atoms with E-state index in [0.29, 0.717) is 59.4 Å². The molecule has 1 unspecified atom stereocenters. The van der Waals surface area contributed by atoms with Gasteiger partial charge in [0.15, 0.2) is 0 Å². The number of halogens is 1. The number of carbonyl (C=O) groups excluding carboxylic acids is 1. The van der Waals surface area contributed by atoms with Gasteiger partial charge in [0.2, 0.25) is 21.9 Å². The lowest BCUT2D eigenvalue weighted by molar-refractivity contribution is 0.0206. The smallest absolute Gasteiger partial charge is 0.410 e. The maximum absolute atomic E-state index is 12.7. The molecule has 0 radical (unpaired) electrons. The Hall–Kier alpha value is -3.97. The number of piperidine rings is 1. The van der Waals surface area contributed by atoms with E-state index in [2.05, 4.69) is 35.9 Å². The van der Waals surface area contributed by atoms with E-state index in [4.69, 9.17) is 14.5 Å². The van der Waals surface area contributed by atoms with E-state index < -0.39 is 15.6 Å². The highest BCUT2D eigenvalue weighted by atomic mass is 79.9. The number of rotatable bonds is 9. The summed E-state index contributed by atoms with van der Waals surface area (Å²) in [5, 5.41) is 4.84. The van der Waals surface area contributed by atoms with Crippen LogP contribution in [0, 0.1) is 6.92 Å². The summed E-state index contributed by atoms with van der Waals surface area (Å²) in [6, 6.07) is 12.8. The normalized spacial score (nSPS) is 15.4. The molecule has 244 valence electrons. The lowest BCUT2D eigenvalue weighted by atomic mass is 10.0. The predicted molar refractivity (Wildman–Crippen MR) is 184 cm³/mol. The first-order valence-electron chi connectivity index (χ1n) is 15.3. The number of hydrogen-bond donors (Lipinski definition) is 2. The van der Waals surface area contributed by atoms with Crippen LogP contribution in [0.2, 0.25) is 0 Å². The molecule has 2 N–H and O–H groups in total. The second-order valence-electron chi connectivity index (χ2n) is 12.3. The summed E-state index contributed by atoms with van der Waals surface area (Å²) in [4.78, 5) is 28.2. The maximum atomic E-state index is 12.7. The number of hydrogen-bond acceptors (Lipinski definition) is 9. The van der Waals surface area contributed by atoms with Crippen molar-refractivity contribution < 1.29 is 22.7 Å². The van der Waals surface area contributed by atoms with Crippen molar-refractivity contribution in [2.24, 2.45) is 0 Å². The fourth-order valence-corrected chi connectivity index (χ4v) is 6.77. The van der Waals surface area contributed by atoms with Crippen molar-refractivity contribution in [1.29, 1.82) is 0 Å². The Kier molecular flexibility index (Phi) is 10.0. The van der Waals surface area contributed by atoms with Gasteiger partial charge < -0.3 is 19.7 Å². The molecular formula is C33H39BrN6O5S. The monoisotopic (exact) mass is 710 g/mol. The van der Waals surface area contributed by atoms with Crippen LogP contribution in [0.4, 0.5) is 16.4 Å². The Morgan fingerprint density at radius 2 is 1.93 bits per heavy atom. The summed E-state index contributed by atoms with van der Waals surface area (Å²) < 4.78 is 40.7. The van der Waals surface area contributed by atoms with Crippen molar-refractivity contribution in [3.63, 3.8) is 0 Å². The van der Waals surface area contributed by atoms with Crippen molar-refractivity contribution in [2.75, 3.05) is 28.9 Å². The van der Waals surface area contributed by atoms with Crippen LogP contribution in [0.25, 0.3) is 22.0 Å². The summed E-state index contributed by atoms with van der Waals surface area (Å²) in [6.07, 6.45) is 5.19. The number of fused-ring (bicyclic) bond motifs is 1. The number of amides is 1. The van der Waals surface area contributed by atoms with Crippen LogP contribution in [0.1, 0.15) is 52.5 Å². The van der Waals surface area contributed by atoms with Gasteiger partial charge in [0, 0.05) is 46.8 Å². The van der Waals surface area contributed by atoms with Crippen molar-refractivity contribution in [3.8, 4) is 22.9 Å². The summed E-state index contributed by atoms with van der Waals surface area (Å²) in [5.74, 6) is 1.34. The van der Waals surface area contributed by atoms with Crippen molar-refractivity contribution in [1.82, 2.24) is 19.9 Å². The Morgan fingerprint density at radius 1 is 1.13 bits per heavy atom. The minimum atomic E-state index is -3.49. The maximum Gasteiger partial charge on any atom is 0.410 e. The highest BCUT2D eigenvalue weighted by molar-refractivity contribution is 9.10. The Morgan fingerprint density at radius 3 is 2.70 bits per heavy atom. The number of anilines is 2. The third-order valence-corrected chi connectivity index (χ3v) is 9.21. The van der Waals surface area contributed by atoms with E-state index in [1.54, 1.807) is 35.5 Å². The predicted octanol–water partition coefficient (Wildman–Crippen LogP) is 7.52. The third-order valence-electron chi connectivity index (χ3n) is 7.30. The zero-order chi connectivity index (χ0) is 33.1. The molecule has 4 aromatic rings. The van der Waals surface area contributed by atoms with Crippen molar-refractivity contribution >= 4 is 54.5 Å². The average molecular weight is 712 g/mol. The molecule has 1 saturated heterocycles. The molecule has 1 atom stereocenters. The summed E-state index contributed by atoms with van der Waals surface area (Å²) in [5.41, 5.74) is 2.00. The average Bonchev–Trinajstić information content (AvgIpc) is 2.98. The number of benzene rings is 2. The Balaban J connectivity index is 1.42. The fourth-order valence-electron chi connectivity index (χ4n) is 5.29. The molecule has 13 heteroatoms. The van der Waals surface area contributed by atoms with Crippen LogP contribution >= 0.6 is 15.9 Å². The van der Waals surface area contributed by atoms with E-state index in [9.17, 15) is 13.2 Å². The van der Waals surface area contributed by atoms with Crippen molar-refractivity contribution in [3.05, 3.63) is 64.9 Å². The standard InChI is InChI=1S/C33H39BrN6O5S/c1-6-17-46(42,43)39-28-11-7-10-25-24(28)13-12-21(2)29(25)44-30-26(18-22(34)19-36-30)27-14-15-35-31(38-27)37-23-9-8-16-40(20-23)32(41)45-33(3,4)5/h7,10-15,18-19,23,39H,6,8-9,16-17,20H2,1-5H3,(H,35,37,38). The first kappa shape index (κ1) is 33.4. The molecule has 3 heterocycles. The molecule has 1 aliphatic heterocycles. The zero-order valence-corrected chi connectivity index (χ0v) is 29.0. The molecule has 0 aliphatic carbocycles. The number of nitrogens with zero attached hydrogens (tertiary/aromatic N) is 4. The first-order chi connectivity index (χ1) is 21.8. The van der Waals surface area contributed by atoms with Crippen molar-refractivity contribution in [2.45, 2.75) is 65.5 Å². The summed E-state index contributed by atoms with van der Waals surface area (Å²) in [7, 11) is -3.49. The second-order valence-corrected chi connectivity index (χ2v) is 15.1. The molecule has 2 aromatic heterocycles. The molecule has 46 heavy (non-hydrogen) atoms. The molecule has 1 fully saturated rings. The molecule has 1 amide bonds. The van der Waals surface area contributed by atoms with Crippen LogP contribution in [-0.2, 0) is 14.8 Å². The van der Waals surface area contributed by atoms with Gasteiger partial charge in [-0.3, -0.25) is 4.72 Å². The number of pyridine rings is 1. The van der Waals surface area contributed by atoms with E-state index in [1.807, 2.05) is 58.9 Å². The van der Waals surface area contributed by atoms with Gasteiger partial charge in [-0.1, -0.05) is 31.2 Å². The minimum absolute atomic E-state index is 0.0311. The SMILES string of the molecule is CCCS(=O)(=O)Nc1cccc2c(Oc3ncc(Br)cc3-c3ccnc(NC4CCCN(C(=O)OC(C)(C)C)C4)n3)c(C)ccc12. The third kappa shape index (κ3) is 8.24. The van der Waals surface area contributed by atoms with E-state index in [1.165, 1.54) is 0 Å². The van der Waals surface area contributed by atoms with E-state index in [-0.39, 0.29) is 17.9 Å². The summed E-state index contributed by atoms with van der Waals surface area (Å²) in [6.45, 7) is 10.4. The highest BCUT2D eigenvalue weighted by Crippen LogP contribution is 2.39. The van der Waals surface area contributed by atoms with E-state index in [0.717, 1.165) is 28.3 Å². The Labute approximate surface area is 278 Å². The van der Waals surface area contributed by atoms with Gasteiger partial charge in [-0.25, -0.2) is 28.2 Å². The van der Waals surface area contributed by atoms with Crippen LogP contribution in [0.3, 0.4) is 0 Å². The molecule has 0 saturated carbocycles. The van der Waals surface area contributed by atoms with Gasteiger partial charge in [0.25, 0.3) is 0 Å². The Bertz CT molecular complexity index is 1850. The molecule has 0 spiro atoms. The number of likely N-dealkylation sites (tertiary alicyclic amines) is 1. The quantitative estimate of drug-likeness (QED) is 0.181. The second kappa shape index (κ2) is 13.8. The number of ether oxygens (including phenoxy) is 2.